The number of carbonyl (C=O) groups excluding carboxylic acids is 1. The molecule has 1 N–H and O–H groups in total. The van der Waals surface area contributed by atoms with E-state index >= 15 is 0 Å². The first-order chi connectivity index (χ1) is 10.1. The minimum absolute atomic E-state index is 0.149. The second-order valence-corrected chi connectivity index (χ2v) is 5.38. The van der Waals surface area contributed by atoms with Crippen LogP contribution in [0.3, 0.4) is 0 Å². The molecule has 0 atom stereocenters. The lowest BCUT2D eigenvalue weighted by Crippen LogP contribution is -2.41. The molecular formula is C15H21ClN2O3. The van der Waals surface area contributed by atoms with Crippen molar-refractivity contribution in [2.75, 3.05) is 45.3 Å². The Labute approximate surface area is 130 Å². The number of amides is 1. The Morgan fingerprint density at radius 3 is 2.81 bits per heavy atom. The maximum atomic E-state index is 12.0. The highest BCUT2D eigenvalue weighted by Crippen LogP contribution is 2.30. The van der Waals surface area contributed by atoms with E-state index in [9.17, 15) is 4.79 Å². The second kappa shape index (κ2) is 7.52. The summed E-state index contributed by atoms with van der Waals surface area (Å²) in [7, 11) is 1.60. The van der Waals surface area contributed by atoms with Gasteiger partial charge in [-0.2, -0.15) is 0 Å². The fourth-order valence-electron chi connectivity index (χ4n) is 2.25. The average Bonchev–Trinajstić information content (AvgIpc) is 2.51. The Hall–Kier alpha value is -1.46. The quantitative estimate of drug-likeness (QED) is 0.906. The van der Waals surface area contributed by atoms with Gasteiger partial charge in [-0.1, -0.05) is 11.6 Å². The number of morpholine rings is 1. The van der Waals surface area contributed by atoms with Crippen LogP contribution in [0, 0.1) is 6.92 Å². The first-order valence-corrected chi connectivity index (χ1v) is 7.43. The number of hydrogen-bond acceptors (Lipinski definition) is 4. The topological polar surface area (TPSA) is 50.8 Å². The molecule has 1 heterocycles. The molecule has 21 heavy (non-hydrogen) atoms. The van der Waals surface area contributed by atoms with E-state index in [0.29, 0.717) is 50.0 Å². The molecule has 0 spiro atoms. The van der Waals surface area contributed by atoms with Crippen molar-refractivity contribution in [2.24, 2.45) is 0 Å². The molecule has 1 aromatic carbocycles. The molecule has 6 heteroatoms. The summed E-state index contributed by atoms with van der Waals surface area (Å²) in [6.07, 6.45) is 0.449. The summed E-state index contributed by atoms with van der Waals surface area (Å²) in [5.74, 6) is 0.833. The van der Waals surface area contributed by atoms with Crippen LogP contribution < -0.4 is 10.1 Å². The largest absolute Gasteiger partial charge is 0.495 e. The molecular weight excluding hydrogens is 292 g/mol. The van der Waals surface area contributed by atoms with Crippen molar-refractivity contribution in [3.8, 4) is 5.75 Å². The zero-order valence-corrected chi connectivity index (χ0v) is 13.2. The van der Waals surface area contributed by atoms with Gasteiger partial charge < -0.3 is 19.7 Å². The molecule has 2 rings (SSSR count). The third kappa shape index (κ3) is 4.25. The molecule has 1 saturated heterocycles. The van der Waals surface area contributed by atoms with Gasteiger partial charge in [-0.05, 0) is 18.6 Å². The summed E-state index contributed by atoms with van der Waals surface area (Å²) >= 11 is 6.07. The molecule has 116 valence electrons. The van der Waals surface area contributed by atoms with E-state index < -0.39 is 0 Å². The van der Waals surface area contributed by atoms with Crippen LogP contribution in [-0.4, -0.2) is 50.8 Å². The molecule has 5 nitrogen and oxygen atoms in total. The van der Waals surface area contributed by atoms with Gasteiger partial charge in [0.05, 0.1) is 26.0 Å². The number of rotatable bonds is 5. The van der Waals surface area contributed by atoms with Crippen LogP contribution in [0.5, 0.6) is 5.75 Å². The number of nitrogens with zero attached hydrogens (tertiary/aromatic N) is 1. The molecule has 0 aromatic heterocycles. The number of anilines is 1. The molecule has 0 unspecified atom stereocenters. The smallest absolute Gasteiger partial charge is 0.224 e. The molecule has 0 saturated carbocycles. The van der Waals surface area contributed by atoms with E-state index in [1.807, 2.05) is 17.9 Å². The molecule has 1 aromatic rings. The maximum absolute atomic E-state index is 12.0. The predicted molar refractivity (Wildman–Crippen MR) is 83.2 cm³/mol. The van der Waals surface area contributed by atoms with Gasteiger partial charge in [0.2, 0.25) is 5.91 Å². The van der Waals surface area contributed by atoms with Gasteiger partial charge in [-0.25, -0.2) is 0 Å². The van der Waals surface area contributed by atoms with Crippen LogP contribution in [0.1, 0.15) is 12.0 Å². The monoisotopic (exact) mass is 312 g/mol. The minimum Gasteiger partial charge on any atom is -0.495 e. The zero-order chi connectivity index (χ0) is 15.2. The Morgan fingerprint density at radius 2 is 2.14 bits per heavy atom. The number of nitrogens with one attached hydrogen (secondary N) is 1. The number of methoxy groups -OCH3 is 1. The van der Waals surface area contributed by atoms with Crippen LogP contribution in [-0.2, 0) is 9.53 Å². The molecule has 1 amide bonds. The third-order valence-corrected chi connectivity index (χ3v) is 3.91. The van der Waals surface area contributed by atoms with Crippen LogP contribution in [0.2, 0.25) is 5.02 Å². The lowest BCUT2D eigenvalue weighted by molar-refractivity contribution is -0.134. The van der Waals surface area contributed by atoms with Crippen molar-refractivity contribution < 1.29 is 14.3 Å². The Balaban J connectivity index is 1.88. The highest BCUT2D eigenvalue weighted by atomic mass is 35.5. The fourth-order valence-corrected chi connectivity index (χ4v) is 2.40. The summed E-state index contributed by atoms with van der Waals surface area (Å²) in [6.45, 7) is 5.12. The summed E-state index contributed by atoms with van der Waals surface area (Å²) in [5.41, 5.74) is 1.83. The van der Waals surface area contributed by atoms with Crippen molar-refractivity contribution >= 4 is 23.2 Å². The highest BCUT2D eigenvalue weighted by Gasteiger charge is 2.16. The fraction of sp³-hybridized carbons (Fsp3) is 0.533. The van der Waals surface area contributed by atoms with E-state index in [0.717, 1.165) is 11.3 Å². The first kappa shape index (κ1) is 15.9. The lowest BCUT2D eigenvalue weighted by Gasteiger charge is -2.27. The SMILES string of the molecule is COc1cc(Cl)c(C)cc1NCCC(=O)N1CCOCC1. The normalized spacial score (nSPS) is 14.9. The summed E-state index contributed by atoms with van der Waals surface area (Å²) in [4.78, 5) is 13.9. The van der Waals surface area contributed by atoms with Crippen molar-refractivity contribution in [2.45, 2.75) is 13.3 Å². The van der Waals surface area contributed by atoms with Gasteiger partial charge in [0.15, 0.2) is 0 Å². The highest BCUT2D eigenvalue weighted by molar-refractivity contribution is 6.31. The van der Waals surface area contributed by atoms with Crippen LogP contribution in [0.4, 0.5) is 5.69 Å². The van der Waals surface area contributed by atoms with Crippen LogP contribution >= 0.6 is 11.6 Å². The molecule has 0 aliphatic carbocycles. The summed E-state index contributed by atoms with van der Waals surface area (Å²) in [6, 6.07) is 3.71. The molecule has 1 aliphatic rings. The minimum atomic E-state index is 0.149. The number of hydrogen-bond donors (Lipinski definition) is 1. The van der Waals surface area contributed by atoms with Crippen molar-refractivity contribution in [3.05, 3.63) is 22.7 Å². The van der Waals surface area contributed by atoms with Crippen molar-refractivity contribution in [3.63, 3.8) is 0 Å². The molecule has 1 aliphatic heterocycles. The van der Waals surface area contributed by atoms with Crippen LogP contribution in [0.25, 0.3) is 0 Å². The number of carbonyl (C=O) groups is 1. The lowest BCUT2D eigenvalue weighted by atomic mass is 10.2. The Kier molecular flexibility index (Phi) is 5.70. The molecule has 1 fully saturated rings. The predicted octanol–water partition coefficient (Wildman–Crippen LogP) is 2.32. The van der Waals surface area contributed by atoms with E-state index in [4.69, 9.17) is 21.1 Å². The zero-order valence-electron chi connectivity index (χ0n) is 12.4. The second-order valence-electron chi connectivity index (χ2n) is 4.97. The number of ether oxygens (including phenoxy) is 2. The maximum Gasteiger partial charge on any atom is 0.224 e. The van der Waals surface area contributed by atoms with E-state index in [-0.39, 0.29) is 5.91 Å². The van der Waals surface area contributed by atoms with Gasteiger partial charge in [0.1, 0.15) is 5.75 Å². The number of benzene rings is 1. The number of halogens is 1. The van der Waals surface area contributed by atoms with Crippen molar-refractivity contribution in [1.29, 1.82) is 0 Å². The van der Waals surface area contributed by atoms with E-state index in [2.05, 4.69) is 5.32 Å². The van der Waals surface area contributed by atoms with E-state index in [1.165, 1.54) is 0 Å². The Morgan fingerprint density at radius 1 is 1.43 bits per heavy atom. The van der Waals surface area contributed by atoms with Gasteiger partial charge in [-0.3, -0.25) is 4.79 Å². The number of aryl methyl sites for hydroxylation is 1. The van der Waals surface area contributed by atoms with Crippen molar-refractivity contribution in [1.82, 2.24) is 4.90 Å². The van der Waals surface area contributed by atoms with E-state index in [1.54, 1.807) is 13.2 Å². The molecule has 0 bridgehead atoms. The van der Waals surface area contributed by atoms with Gasteiger partial charge >= 0.3 is 0 Å². The summed E-state index contributed by atoms with van der Waals surface area (Å²) in [5, 5.41) is 3.91. The standard InChI is InChI=1S/C15H21ClN2O3/c1-11-9-13(14(20-2)10-12(11)16)17-4-3-15(19)18-5-7-21-8-6-18/h9-10,17H,3-8H2,1-2H3. The van der Waals surface area contributed by atoms with Crippen LogP contribution in [0.15, 0.2) is 12.1 Å². The summed E-state index contributed by atoms with van der Waals surface area (Å²) < 4.78 is 10.5. The van der Waals surface area contributed by atoms with Gasteiger partial charge in [0, 0.05) is 37.1 Å². The third-order valence-electron chi connectivity index (χ3n) is 3.50. The first-order valence-electron chi connectivity index (χ1n) is 7.05. The molecule has 0 radical (unpaired) electrons. The average molecular weight is 313 g/mol. The van der Waals surface area contributed by atoms with Gasteiger partial charge in [0.25, 0.3) is 0 Å². The van der Waals surface area contributed by atoms with Gasteiger partial charge in [-0.15, -0.1) is 0 Å². The Bertz CT molecular complexity index is 502.